The first kappa shape index (κ1) is 14.7. The average molecular weight is 319 g/mol. The molecule has 1 rings (SSSR count). The summed E-state index contributed by atoms with van der Waals surface area (Å²) >= 11 is 4.94. The minimum atomic E-state index is 0.135. The van der Waals surface area contributed by atoms with Crippen LogP contribution in [0.3, 0.4) is 0 Å². The van der Waals surface area contributed by atoms with Crippen LogP contribution in [-0.2, 0) is 0 Å². The summed E-state index contributed by atoms with van der Waals surface area (Å²) < 4.78 is 1.00. The third-order valence-electron chi connectivity index (χ3n) is 2.41. The van der Waals surface area contributed by atoms with E-state index in [1.807, 2.05) is 30.4 Å². The van der Waals surface area contributed by atoms with Crippen molar-refractivity contribution in [1.29, 1.82) is 0 Å². The summed E-state index contributed by atoms with van der Waals surface area (Å²) in [6.45, 7) is 4.60. The third kappa shape index (κ3) is 4.77. The van der Waals surface area contributed by atoms with Crippen molar-refractivity contribution in [2.75, 3.05) is 33.7 Å². The lowest BCUT2D eigenvalue weighted by Gasteiger charge is -2.23. The Morgan fingerprint density at radius 1 is 1.35 bits per heavy atom. The van der Waals surface area contributed by atoms with Gasteiger partial charge in [0.25, 0.3) is 5.91 Å². The van der Waals surface area contributed by atoms with Gasteiger partial charge in [0.1, 0.15) is 0 Å². The molecule has 96 valence electrons. The summed E-state index contributed by atoms with van der Waals surface area (Å²) in [5.41, 5.74) is 0.786. The van der Waals surface area contributed by atoms with Gasteiger partial charge in [-0.2, -0.15) is 0 Å². The van der Waals surface area contributed by atoms with Crippen LogP contribution in [0, 0.1) is 0 Å². The normalized spacial score (nSPS) is 10.9. The van der Waals surface area contributed by atoms with Crippen molar-refractivity contribution in [3.8, 4) is 0 Å². The topological polar surface area (TPSA) is 23.6 Å². The number of carbonyl (C=O) groups is 1. The summed E-state index contributed by atoms with van der Waals surface area (Å²) in [6, 6.07) is 1.89. The molecule has 0 aromatic carbocycles. The molecule has 1 aromatic rings. The van der Waals surface area contributed by atoms with Gasteiger partial charge in [0.15, 0.2) is 0 Å². The minimum absolute atomic E-state index is 0.135. The zero-order chi connectivity index (χ0) is 12.8. The largest absolute Gasteiger partial charge is 0.337 e. The van der Waals surface area contributed by atoms with Crippen molar-refractivity contribution in [2.24, 2.45) is 0 Å². The Labute approximate surface area is 116 Å². The van der Waals surface area contributed by atoms with Crippen molar-refractivity contribution in [2.45, 2.75) is 13.3 Å². The molecule has 17 heavy (non-hydrogen) atoms. The SMILES string of the molecule is CCCN(CCN(C)C)C(=O)c1csc(Br)c1. The number of hydrogen-bond donors (Lipinski definition) is 0. The van der Waals surface area contributed by atoms with E-state index in [0.717, 1.165) is 35.4 Å². The van der Waals surface area contributed by atoms with Gasteiger partial charge < -0.3 is 9.80 Å². The van der Waals surface area contributed by atoms with Gasteiger partial charge in [-0.15, -0.1) is 11.3 Å². The Balaban J connectivity index is 2.66. The van der Waals surface area contributed by atoms with Crippen LogP contribution < -0.4 is 0 Å². The molecule has 1 amide bonds. The predicted octanol–water partition coefficient (Wildman–Crippen LogP) is 2.92. The smallest absolute Gasteiger partial charge is 0.254 e. The fraction of sp³-hybridized carbons (Fsp3) is 0.583. The first-order valence-corrected chi connectivity index (χ1v) is 7.40. The molecular weight excluding hydrogens is 300 g/mol. The Kier molecular flexibility index (Phi) is 6.16. The zero-order valence-corrected chi connectivity index (χ0v) is 13.0. The lowest BCUT2D eigenvalue weighted by atomic mass is 10.2. The molecule has 0 aliphatic carbocycles. The van der Waals surface area contributed by atoms with E-state index in [2.05, 4.69) is 27.8 Å². The number of halogens is 1. The second-order valence-corrected chi connectivity index (χ2v) is 6.53. The van der Waals surface area contributed by atoms with Crippen LogP contribution in [0.1, 0.15) is 23.7 Å². The molecule has 5 heteroatoms. The van der Waals surface area contributed by atoms with Crippen LogP contribution in [-0.4, -0.2) is 49.4 Å². The molecule has 0 aliphatic heterocycles. The maximum Gasteiger partial charge on any atom is 0.254 e. The quantitative estimate of drug-likeness (QED) is 0.805. The molecular formula is C12H19BrN2OS. The highest BCUT2D eigenvalue weighted by atomic mass is 79.9. The van der Waals surface area contributed by atoms with Crippen LogP contribution >= 0.6 is 27.3 Å². The summed E-state index contributed by atoms with van der Waals surface area (Å²) in [4.78, 5) is 16.3. The van der Waals surface area contributed by atoms with Gasteiger partial charge in [-0.25, -0.2) is 0 Å². The fourth-order valence-corrected chi connectivity index (χ4v) is 2.64. The number of rotatable bonds is 6. The van der Waals surface area contributed by atoms with Crippen LogP contribution in [0.15, 0.2) is 15.2 Å². The highest BCUT2D eigenvalue weighted by Gasteiger charge is 2.16. The van der Waals surface area contributed by atoms with E-state index in [1.165, 1.54) is 0 Å². The molecule has 3 nitrogen and oxygen atoms in total. The minimum Gasteiger partial charge on any atom is -0.337 e. The predicted molar refractivity (Wildman–Crippen MR) is 76.8 cm³/mol. The molecule has 0 atom stereocenters. The van der Waals surface area contributed by atoms with E-state index in [-0.39, 0.29) is 5.91 Å². The summed E-state index contributed by atoms with van der Waals surface area (Å²) in [5.74, 6) is 0.135. The highest BCUT2D eigenvalue weighted by molar-refractivity contribution is 9.11. The number of amides is 1. The van der Waals surface area contributed by atoms with Gasteiger partial charge in [0.05, 0.1) is 9.35 Å². The number of thiophene rings is 1. The second kappa shape index (κ2) is 7.13. The molecule has 0 radical (unpaired) electrons. The lowest BCUT2D eigenvalue weighted by Crippen LogP contribution is -2.37. The van der Waals surface area contributed by atoms with E-state index in [4.69, 9.17) is 0 Å². The van der Waals surface area contributed by atoms with Crippen molar-refractivity contribution < 1.29 is 4.79 Å². The number of carbonyl (C=O) groups excluding carboxylic acids is 1. The van der Waals surface area contributed by atoms with Crippen LogP contribution in [0.4, 0.5) is 0 Å². The van der Waals surface area contributed by atoms with Crippen molar-refractivity contribution in [3.05, 3.63) is 20.8 Å². The average Bonchev–Trinajstić information content (AvgIpc) is 2.70. The molecule has 0 aliphatic rings. The van der Waals surface area contributed by atoms with Crippen LogP contribution in [0.5, 0.6) is 0 Å². The molecule has 0 N–H and O–H groups in total. The van der Waals surface area contributed by atoms with Crippen molar-refractivity contribution in [1.82, 2.24) is 9.80 Å². The number of nitrogens with zero attached hydrogens (tertiary/aromatic N) is 2. The Hall–Kier alpha value is -0.390. The third-order valence-corrected chi connectivity index (χ3v) is 3.92. The highest BCUT2D eigenvalue weighted by Crippen LogP contribution is 2.21. The molecule has 0 bridgehead atoms. The van der Waals surface area contributed by atoms with Gasteiger partial charge in [-0.1, -0.05) is 6.92 Å². The summed E-state index contributed by atoms with van der Waals surface area (Å²) in [5, 5.41) is 1.91. The Bertz CT molecular complexity index is 365. The fourth-order valence-electron chi connectivity index (χ4n) is 1.51. The molecule has 0 unspecified atom stereocenters. The van der Waals surface area contributed by atoms with Crippen LogP contribution in [0.25, 0.3) is 0 Å². The van der Waals surface area contributed by atoms with E-state index in [9.17, 15) is 4.79 Å². The first-order valence-electron chi connectivity index (χ1n) is 5.72. The first-order chi connectivity index (χ1) is 8.04. The molecule has 1 heterocycles. The Morgan fingerprint density at radius 2 is 2.06 bits per heavy atom. The molecule has 0 spiro atoms. The van der Waals surface area contributed by atoms with Crippen molar-refractivity contribution in [3.63, 3.8) is 0 Å². The van der Waals surface area contributed by atoms with Gasteiger partial charge in [-0.3, -0.25) is 4.79 Å². The molecule has 0 fully saturated rings. The molecule has 1 aromatic heterocycles. The van der Waals surface area contributed by atoms with E-state index >= 15 is 0 Å². The van der Waals surface area contributed by atoms with Crippen LogP contribution in [0.2, 0.25) is 0 Å². The summed E-state index contributed by atoms with van der Waals surface area (Å²) in [6.07, 6.45) is 0.991. The number of hydrogen-bond acceptors (Lipinski definition) is 3. The Morgan fingerprint density at radius 3 is 2.53 bits per heavy atom. The van der Waals surface area contributed by atoms with Gasteiger partial charge in [0.2, 0.25) is 0 Å². The lowest BCUT2D eigenvalue weighted by molar-refractivity contribution is 0.0745. The zero-order valence-electron chi connectivity index (χ0n) is 10.6. The van der Waals surface area contributed by atoms with E-state index in [1.54, 1.807) is 11.3 Å². The van der Waals surface area contributed by atoms with Crippen molar-refractivity contribution >= 4 is 33.2 Å². The van der Waals surface area contributed by atoms with Gasteiger partial charge >= 0.3 is 0 Å². The second-order valence-electron chi connectivity index (χ2n) is 4.23. The summed E-state index contributed by atoms with van der Waals surface area (Å²) in [7, 11) is 4.05. The number of likely N-dealkylation sites (N-methyl/N-ethyl adjacent to an activating group) is 1. The van der Waals surface area contributed by atoms with Gasteiger partial charge in [-0.05, 0) is 42.5 Å². The standard InChI is InChI=1S/C12H19BrN2OS/c1-4-5-15(7-6-14(2)3)12(16)10-8-11(13)17-9-10/h8-9H,4-7H2,1-3H3. The molecule has 0 saturated carbocycles. The molecule has 0 saturated heterocycles. The monoisotopic (exact) mass is 318 g/mol. The van der Waals surface area contributed by atoms with Gasteiger partial charge in [0, 0.05) is 25.0 Å². The van der Waals surface area contributed by atoms with E-state index < -0.39 is 0 Å². The van der Waals surface area contributed by atoms with E-state index in [0.29, 0.717) is 0 Å². The maximum absolute atomic E-state index is 12.3. The maximum atomic E-state index is 12.3.